The Balaban J connectivity index is 1.85. The Hall–Kier alpha value is -1.84. The van der Waals surface area contributed by atoms with Crippen LogP contribution in [0.25, 0.3) is 0 Å². The molecule has 1 aliphatic heterocycles. The van der Waals surface area contributed by atoms with Gasteiger partial charge in [0.2, 0.25) is 11.8 Å². The fraction of sp³-hybridized carbons (Fsp3) is 0.529. The molecule has 4 nitrogen and oxygen atoms in total. The minimum atomic E-state index is -0.712. The molecule has 0 bridgehead atoms. The van der Waals surface area contributed by atoms with E-state index in [9.17, 15) is 9.59 Å². The molecular weight excluding hydrogens is 264 g/mol. The Labute approximate surface area is 125 Å². The lowest BCUT2D eigenvalue weighted by Crippen LogP contribution is -2.56. The highest BCUT2D eigenvalue weighted by molar-refractivity contribution is 5.93. The second-order valence-corrected chi connectivity index (χ2v) is 6.43. The standard InChI is InChI=1S/C17H22N2O2/c1-12-5-3-4-6-13(12)11-19-10-9-15(20)18-17(2,16(19)21)14-7-8-14/h3-6,14H,7-11H2,1-2H3,(H,18,20). The first-order chi connectivity index (χ1) is 10.0. The van der Waals surface area contributed by atoms with E-state index in [0.29, 0.717) is 25.4 Å². The van der Waals surface area contributed by atoms with Crippen LogP contribution in [0.2, 0.25) is 0 Å². The molecule has 1 aromatic rings. The summed E-state index contributed by atoms with van der Waals surface area (Å²) in [5, 5.41) is 2.97. The molecule has 1 aliphatic carbocycles. The summed E-state index contributed by atoms with van der Waals surface area (Å²) in [5.74, 6) is 0.357. The van der Waals surface area contributed by atoms with Crippen molar-refractivity contribution >= 4 is 11.8 Å². The van der Waals surface area contributed by atoms with Crippen molar-refractivity contribution in [3.05, 3.63) is 35.4 Å². The van der Waals surface area contributed by atoms with E-state index < -0.39 is 5.54 Å². The first-order valence-electron chi connectivity index (χ1n) is 7.65. The van der Waals surface area contributed by atoms with Crippen molar-refractivity contribution < 1.29 is 9.59 Å². The van der Waals surface area contributed by atoms with Gasteiger partial charge in [-0.15, -0.1) is 0 Å². The third kappa shape index (κ3) is 2.67. The zero-order valence-electron chi connectivity index (χ0n) is 12.7. The third-order valence-electron chi connectivity index (χ3n) is 4.76. The van der Waals surface area contributed by atoms with Crippen LogP contribution in [0.4, 0.5) is 0 Å². The van der Waals surface area contributed by atoms with Gasteiger partial charge in [-0.2, -0.15) is 0 Å². The lowest BCUT2D eigenvalue weighted by Gasteiger charge is -2.32. The van der Waals surface area contributed by atoms with Gasteiger partial charge >= 0.3 is 0 Å². The van der Waals surface area contributed by atoms with Crippen LogP contribution < -0.4 is 5.32 Å². The van der Waals surface area contributed by atoms with Gasteiger partial charge in [-0.25, -0.2) is 0 Å². The van der Waals surface area contributed by atoms with Crippen molar-refractivity contribution in [3.8, 4) is 0 Å². The number of rotatable bonds is 3. The van der Waals surface area contributed by atoms with Gasteiger partial charge in [-0.05, 0) is 43.7 Å². The lowest BCUT2D eigenvalue weighted by molar-refractivity contribution is -0.139. The second kappa shape index (κ2) is 5.17. The van der Waals surface area contributed by atoms with Crippen LogP contribution in [-0.2, 0) is 16.1 Å². The normalized spacial score (nSPS) is 26.5. The fourth-order valence-electron chi connectivity index (χ4n) is 3.15. The van der Waals surface area contributed by atoms with E-state index in [4.69, 9.17) is 0 Å². The lowest BCUT2D eigenvalue weighted by atomic mass is 9.93. The number of hydrogen-bond acceptors (Lipinski definition) is 2. The molecule has 1 N–H and O–H groups in total. The highest BCUT2D eigenvalue weighted by Gasteiger charge is 2.51. The quantitative estimate of drug-likeness (QED) is 0.924. The maximum atomic E-state index is 12.9. The summed E-state index contributed by atoms with van der Waals surface area (Å²) in [6.45, 7) is 5.03. The Morgan fingerprint density at radius 1 is 1.29 bits per heavy atom. The Bertz CT molecular complexity index is 580. The van der Waals surface area contributed by atoms with Crippen LogP contribution in [-0.4, -0.2) is 28.8 Å². The molecule has 0 aromatic heterocycles. The number of carbonyl (C=O) groups excluding carboxylic acids is 2. The SMILES string of the molecule is Cc1ccccc1CN1CCC(=O)NC(C)(C2CC2)C1=O. The fourth-order valence-corrected chi connectivity index (χ4v) is 3.15. The summed E-state index contributed by atoms with van der Waals surface area (Å²) in [4.78, 5) is 26.7. The number of aryl methyl sites for hydroxylation is 1. The smallest absolute Gasteiger partial charge is 0.248 e. The zero-order chi connectivity index (χ0) is 15.0. The maximum Gasteiger partial charge on any atom is 0.248 e. The molecule has 2 amide bonds. The van der Waals surface area contributed by atoms with E-state index in [1.54, 1.807) is 0 Å². The van der Waals surface area contributed by atoms with Gasteiger partial charge in [0.25, 0.3) is 0 Å². The first kappa shape index (κ1) is 14.1. The van der Waals surface area contributed by atoms with Crippen LogP contribution >= 0.6 is 0 Å². The predicted octanol–water partition coefficient (Wildman–Crippen LogP) is 2.01. The molecule has 1 atom stereocenters. The molecule has 1 aromatic carbocycles. The molecule has 1 unspecified atom stereocenters. The van der Waals surface area contributed by atoms with E-state index in [-0.39, 0.29) is 11.8 Å². The molecule has 1 saturated heterocycles. The molecule has 21 heavy (non-hydrogen) atoms. The van der Waals surface area contributed by atoms with Gasteiger partial charge in [-0.3, -0.25) is 9.59 Å². The average Bonchev–Trinajstić information content (AvgIpc) is 3.28. The predicted molar refractivity (Wildman–Crippen MR) is 80.5 cm³/mol. The highest BCUT2D eigenvalue weighted by atomic mass is 16.2. The van der Waals surface area contributed by atoms with Crippen molar-refractivity contribution in [3.63, 3.8) is 0 Å². The largest absolute Gasteiger partial charge is 0.342 e. The monoisotopic (exact) mass is 286 g/mol. The number of nitrogens with one attached hydrogen (secondary N) is 1. The summed E-state index contributed by atoms with van der Waals surface area (Å²) in [7, 11) is 0. The topological polar surface area (TPSA) is 49.4 Å². The molecule has 1 saturated carbocycles. The molecule has 0 spiro atoms. The number of hydrogen-bond donors (Lipinski definition) is 1. The van der Waals surface area contributed by atoms with Gasteiger partial charge < -0.3 is 10.2 Å². The minimum Gasteiger partial charge on any atom is -0.342 e. The van der Waals surface area contributed by atoms with Crippen molar-refractivity contribution in [1.29, 1.82) is 0 Å². The van der Waals surface area contributed by atoms with E-state index >= 15 is 0 Å². The molecule has 2 fully saturated rings. The van der Waals surface area contributed by atoms with E-state index in [1.807, 2.05) is 24.0 Å². The van der Waals surface area contributed by atoms with Crippen LogP contribution in [0.15, 0.2) is 24.3 Å². The molecule has 2 aliphatic rings. The number of amides is 2. The molecule has 1 heterocycles. The van der Waals surface area contributed by atoms with Gasteiger partial charge in [0.05, 0.1) is 0 Å². The number of nitrogens with zero attached hydrogens (tertiary/aromatic N) is 1. The van der Waals surface area contributed by atoms with Crippen LogP contribution in [0.1, 0.15) is 37.3 Å². The van der Waals surface area contributed by atoms with Gasteiger partial charge in [0, 0.05) is 19.5 Å². The molecule has 112 valence electrons. The minimum absolute atomic E-state index is 0.00923. The maximum absolute atomic E-state index is 12.9. The third-order valence-corrected chi connectivity index (χ3v) is 4.76. The van der Waals surface area contributed by atoms with Crippen LogP contribution in [0, 0.1) is 12.8 Å². The number of carbonyl (C=O) groups is 2. The van der Waals surface area contributed by atoms with Gasteiger partial charge in [0.1, 0.15) is 5.54 Å². The Morgan fingerprint density at radius 3 is 2.67 bits per heavy atom. The van der Waals surface area contributed by atoms with E-state index in [1.165, 1.54) is 5.56 Å². The molecular formula is C17H22N2O2. The van der Waals surface area contributed by atoms with Crippen molar-refractivity contribution in [1.82, 2.24) is 10.2 Å². The molecule has 0 radical (unpaired) electrons. The van der Waals surface area contributed by atoms with Crippen molar-refractivity contribution in [2.24, 2.45) is 5.92 Å². The summed E-state index contributed by atoms with van der Waals surface area (Å²) >= 11 is 0. The summed E-state index contributed by atoms with van der Waals surface area (Å²) < 4.78 is 0. The van der Waals surface area contributed by atoms with Gasteiger partial charge in [0.15, 0.2) is 0 Å². The number of benzene rings is 1. The summed E-state index contributed by atoms with van der Waals surface area (Å²) in [6.07, 6.45) is 2.45. The zero-order valence-corrected chi connectivity index (χ0v) is 12.7. The van der Waals surface area contributed by atoms with Crippen LogP contribution in [0.3, 0.4) is 0 Å². The van der Waals surface area contributed by atoms with Crippen LogP contribution in [0.5, 0.6) is 0 Å². The van der Waals surface area contributed by atoms with E-state index in [0.717, 1.165) is 18.4 Å². The van der Waals surface area contributed by atoms with Gasteiger partial charge in [-0.1, -0.05) is 24.3 Å². The first-order valence-corrected chi connectivity index (χ1v) is 7.65. The highest BCUT2D eigenvalue weighted by Crippen LogP contribution is 2.41. The molecule has 3 rings (SSSR count). The summed E-state index contributed by atoms with van der Waals surface area (Å²) in [6, 6.07) is 8.11. The Morgan fingerprint density at radius 2 is 2.00 bits per heavy atom. The molecule has 4 heteroatoms. The second-order valence-electron chi connectivity index (χ2n) is 6.43. The van der Waals surface area contributed by atoms with Crippen molar-refractivity contribution in [2.45, 2.75) is 45.2 Å². The Kier molecular flexibility index (Phi) is 3.47. The van der Waals surface area contributed by atoms with Crippen molar-refractivity contribution in [2.75, 3.05) is 6.54 Å². The summed E-state index contributed by atoms with van der Waals surface area (Å²) in [5.41, 5.74) is 1.62. The van der Waals surface area contributed by atoms with E-state index in [2.05, 4.69) is 24.4 Å². The average molecular weight is 286 g/mol.